The van der Waals surface area contributed by atoms with Crippen molar-refractivity contribution in [2.24, 2.45) is 5.92 Å². The summed E-state index contributed by atoms with van der Waals surface area (Å²) in [6.45, 7) is 2.28. The van der Waals surface area contributed by atoms with E-state index in [1.54, 1.807) is 0 Å². The zero-order valence-corrected chi connectivity index (χ0v) is 11.1. The van der Waals surface area contributed by atoms with E-state index in [1.807, 2.05) is 6.07 Å². The number of hydrogen-bond acceptors (Lipinski definition) is 1. The zero-order chi connectivity index (χ0) is 10.1. The summed E-state index contributed by atoms with van der Waals surface area (Å²) in [5, 5.41) is 0. The Morgan fingerprint density at radius 3 is 2.86 bits per heavy atom. The van der Waals surface area contributed by atoms with Gasteiger partial charge in [0.25, 0.3) is 0 Å². The van der Waals surface area contributed by atoms with Crippen molar-refractivity contribution in [1.29, 1.82) is 0 Å². The van der Waals surface area contributed by atoms with Crippen LogP contribution in [0.5, 0.6) is 5.75 Å². The normalized spacial score (nSPS) is 19.9. The zero-order valence-electron chi connectivity index (χ0n) is 7.97. The van der Waals surface area contributed by atoms with Crippen LogP contribution in [0.3, 0.4) is 0 Å². The van der Waals surface area contributed by atoms with Crippen molar-refractivity contribution >= 4 is 31.9 Å². The van der Waals surface area contributed by atoms with Crippen LogP contribution in [-0.4, -0.2) is 3.92 Å². The van der Waals surface area contributed by atoms with E-state index < -0.39 is 0 Å². The monoisotopic (exact) mass is 318 g/mol. The molecule has 14 heavy (non-hydrogen) atoms. The minimum Gasteiger partial charge on any atom is -0.468 e. The van der Waals surface area contributed by atoms with E-state index in [0.29, 0.717) is 0 Å². The molecule has 0 saturated carbocycles. The molecule has 3 heteroatoms. The second-order valence-electron chi connectivity index (χ2n) is 3.79. The molecule has 1 atom stereocenters. The minimum atomic E-state index is -0.0996. The lowest BCUT2D eigenvalue weighted by Crippen LogP contribution is -2.01. The van der Waals surface area contributed by atoms with Gasteiger partial charge in [0, 0.05) is 0 Å². The van der Waals surface area contributed by atoms with Crippen LogP contribution in [-0.2, 0) is 12.8 Å². The maximum absolute atomic E-state index is 5.64. The number of ether oxygens (including phenoxy) is 1. The quantitative estimate of drug-likeness (QED) is 0.752. The van der Waals surface area contributed by atoms with Crippen LogP contribution in [0.2, 0.25) is 0 Å². The molecule has 1 unspecified atom stereocenters. The molecule has 1 aliphatic carbocycles. The summed E-state index contributed by atoms with van der Waals surface area (Å²) in [5.74, 6) is 1.75. The van der Waals surface area contributed by atoms with E-state index in [1.165, 1.54) is 17.5 Å². The standard InChI is InChI=1S/C11H12Br2O/c1-7-5-8-3-2-4-10(9(8)6-7)14-11(12)13/h2-4,7,11H,5-6H2,1H3. The molecule has 0 spiro atoms. The van der Waals surface area contributed by atoms with Crippen molar-refractivity contribution < 1.29 is 4.74 Å². The maximum Gasteiger partial charge on any atom is 0.207 e. The number of alkyl halides is 2. The molecular weight excluding hydrogens is 308 g/mol. The van der Waals surface area contributed by atoms with Gasteiger partial charge in [0.2, 0.25) is 3.92 Å². The van der Waals surface area contributed by atoms with Crippen LogP contribution in [0.25, 0.3) is 0 Å². The Morgan fingerprint density at radius 2 is 2.14 bits per heavy atom. The van der Waals surface area contributed by atoms with Crippen molar-refractivity contribution in [2.45, 2.75) is 23.7 Å². The number of halogens is 2. The number of fused-ring (bicyclic) bond motifs is 1. The first-order valence-corrected chi connectivity index (χ1v) is 6.55. The summed E-state index contributed by atoms with van der Waals surface area (Å²) in [7, 11) is 0. The second kappa shape index (κ2) is 4.23. The third-order valence-electron chi connectivity index (χ3n) is 2.57. The predicted octanol–water partition coefficient (Wildman–Crippen LogP) is 3.87. The number of hydrogen-bond donors (Lipinski definition) is 0. The Labute approximate surface area is 101 Å². The molecule has 0 aromatic heterocycles. The molecule has 76 valence electrons. The van der Waals surface area contributed by atoms with Gasteiger partial charge >= 0.3 is 0 Å². The smallest absolute Gasteiger partial charge is 0.207 e. The molecule has 0 saturated heterocycles. The van der Waals surface area contributed by atoms with Crippen molar-refractivity contribution in [3.63, 3.8) is 0 Å². The third kappa shape index (κ3) is 2.14. The fraction of sp³-hybridized carbons (Fsp3) is 0.455. The van der Waals surface area contributed by atoms with Crippen LogP contribution < -0.4 is 4.74 Å². The van der Waals surface area contributed by atoms with E-state index in [0.717, 1.165) is 18.1 Å². The van der Waals surface area contributed by atoms with Crippen molar-refractivity contribution in [3.8, 4) is 5.75 Å². The van der Waals surface area contributed by atoms with Crippen LogP contribution in [0.1, 0.15) is 18.1 Å². The molecular formula is C11H12Br2O. The predicted molar refractivity (Wildman–Crippen MR) is 65.3 cm³/mol. The molecule has 1 aliphatic rings. The molecule has 0 radical (unpaired) electrons. The van der Waals surface area contributed by atoms with Gasteiger partial charge in [0.15, 0.2) is 0 Å². The van der Waals surface area contributed by atoms with E-state index in [2.05, 4.69) is 50.9 Å². The highest BCUT2D eigenvalue weighted by atomic mass is 79.9. The van der Waals surface area contributed by atoms with Gasteiger partial charge in [-0.05, 0) is 67.8 Å². The Bertz CT molecular complexity index is 336. The summed E-state index contributed by atoms with van der Waals surface area (Å²) < 4.78 is 5.54. The molecule has 2 rings (SSSR count). The Morgan fingerprint density at radius 1 is 1.36 bits per heavy atom. The highest BCUT2D eigenvalue weighted by Gasteiger charge is 2.21. The first-order chi connectivity index (χ1) is 6.66. The van der Waals surface area contributed by atoms with Gasteiger partial charge in [0.05, 0.1) is 0 Å². The molecule has 1 aromatic rings. The summed E-state index contributed by atoms with van der Waals surface area (Å²) >= 11 is 6.66. The van der Waals surface area contributed by atoms with Gasteiger partial charge in [-0.15, -0.1) is 0 Å². The van der Waals surface area contributed by atoms with Gasteiger partial charge in [-0.1, -0.05) is 19.1 Å². The van der Waals surface area contributed by atoms with Crippen LogP contribution in [0.15, 0.2) is 18.2 Å². The Balaban J connectivity index is 2.30. The highest BCUT2D eigenvalue weighted by molar-refractivity contribution is 9.24. The highest BCUT2D eigenvalue weighted by Crippen LogP contribution is 2.34. The lowest BCUT2D eigenvalue weighted by atomic mass is 10.1. The van der Waals surface area contributed by atoms with Gasteiger partial charge in [0.1, 0.15) is 5.75 Å². The van der Waals surface area contributed by atoms with Crippen molar-refractivity contribution in [3.05, 3.63) is 29.3 Å². The molecule has 1 aromatic carbocycles. The summed E-state index contributed by atoms with van der Waals surface area (Å²) in [6.07, 6.45) is 2.32. The molecule has 0 amide bonds. The fourth-order valence-electron chi connectivity index (χ4n) is 2.04. The van der Waals surface area contributed by atoms with E-state index in [9.17, 15) is 0 Å². The number of benzene rings is 1. The van der Waals surface area contributed by atoms with Crippen LogP contribution in [0.4, 0.5) is 0 Å². The molecule has 0 bridgehead atoms. The number of rotatable bonds is 2. The fourth-order valence-corrected chi connectivity index (χ4v) is 2.44. The lowest BCUT2D eigenvalue weighted by Gasteiger charge is -2.11. The van der Waals surface area contributed by atoms with E-state index in [-0.39, 0.29) is 3.92 Å². The third-order valence-corrected chi connectivity index (χ3v) is 2.94. The minimum absolute atomic E-state index is 0.0996. The molecule has 0 N–H and O–H groups in total. The second-order valence-corrected chi connectivity index (χ2v) is 6.68. The first-order valence-electron chi connectivity index (χ1n) is 4.72. The van der Waals surface area contributed by atoms with Gasteiger partial charge in [-0.2, -0.15) is 0 Å². The molecule has 0 aliphatic heterocycles. The van der Waals surface area contributed by atoms with Crippen LogP contribution >= 0.6 is 31.9 Å². The van der Waals surface area contributed by atoms with Crippen LogP contribution in [0, 0.1) is 5.92 Å². The summed E-state index contributed by atoms with van der Waals surface area (Å²) in [6, 6.07) is 6.30. The van der Waals surface area contributed by atoms with E-state index >= 15 is 0 Å². The largest absolute Gasteiger partial charge is 0.468 e. The van der Waals surface area contributed by atoms with E-state index in [4.69, 9.17) is 4.74 Å². The van der Waals surface area contributed by atoms with Gasteiger partial charge < -0.3 is 4.74 Å². The topological polar surface area (TPSA) is 9.23 Å². The van der Waals surface area contributed by atoms with Gasteiger partial charge in [-0.3, -0.25) is 0 Å². The first kappa shape index (κ1) is 10.5. The molecule has 0 fully saturated rings. The molecule has 1 nitrogen and oxygen atoms in total. The maximum atomic E-state index is 5.64. The Hall–Kier alpha value is -0.0200. The lowest BCUT2D eigenvalue weighted by molar-refractivity contribution is 0.371. The van der Waals surface area contributed by atoms with Gasteiger partial charge in [-0.25, -0.2) is 0 Å². The molecule has 0 heterocycles. The summed E-state index contributed by atoms with van der Waals surface area (Å²) in [5.41, 5.74) is 2.82. The average molecular weight is 320 g/mol. The Kier molecular flexibility index (Phi) is 3.17. The summed E-state index contributed by atoms with van der Waals surface area (Å²) in [4.78, 5) is 0. The van der Waals surface area contributed by atoms with Crippen molar-refractivity contribution in [1.82, 2.24) is 0 Å². The SMILES string of the molecule is CC1Cc2cccc(OC(Br)Br)c2C1. The average Bonchev–Trinajstić information content (AvgIpc) is 2.45. The van der Waals surface area contributed by atoms with Crippen molar-refractivity contribution in [2.75, 3.05) is 0 Å².